The summed E-state index contributed by atoms with van der Waals surface area (Å²) in [5, 5.41) is 7.65. The van der Waals surface area contributed by atoms with E-state index in [0.29, 0.717) is 22.6 Å². The molecule has 0 saturated heterocycles. The first-order valence-corrected chi connectivity index (χ1v) is 7.51. The van der Waals surface area contributed by atoms with Gasteiger partial charge in [0, 0.05) is 5.69 Å². The van der Waals surface area contributed by atoms with Crippen molar-refractivity contribution in [2.45, 2.75) is 12.7 Å². The Hall–Kier alpha value is -2.12. The molecular formula is C13H14N2O4S. The van der Waals surface area contributed by atoms with Crippen molar-refractivity contribution in [3.63, 3.8) is 0 Å². The van der Waals surface area contributed by atoms with E-state index in [-0.39, 0.29) is 11.7 Å². The number of nitrogens with one attached hydrogen (secondary N) is 1. The van der Waals surface area contributed by atoms with Crippen LogP contribution in [0.5, 0.6) is 0 Å². The molecule has 2 aromatic rings. The van der Waals surface area contributed by atoms with Gasteiger partial charge in [-0.2, -0.15) is 0 Å². The fraction of sp³-hybridized carbons (Fsp3) is 0.154. The minimum absolute atomic E-state index is 0.234. The Labute approximate surface area is 116 Å². The first kappa shape index (κ1) is 14.3. The maximum absolute atomic E-state index is 11.9. The smallest absolute Gasteiger partial charge is 0.259 e. The number of hydrogen-bond donors (Lipinski definition) is 2. The minimum atomic E-state index is -3.55. The second-order valence-electron chi connectivity index (χ2n) is 4.35. The normalized spacial score (nSPS) is 11.3. The van der Waals surface area contributed by atoms with Gasteiger partial charge in [-0.15, -0.1) is 0 Å². The molecule has 0 radical (unpaired) electrons. The molecule has 0 aliphatic carbocycles. The van der Waals surface area contributed by atoms with Gasteiger partial charge in [-0.25, -0.2) is 13.6 Å². The minimum Gasteiger partial charge on any atom is -0.469 e. The highest BCUT2D eigenvalue weighted by molar-refractivity contribution is 7.88. The van der Waals surface area contributed by atoms with Crippen molar-refractivity contribution < 1.29 is 17.6 Å². The standard InChI is InChI=1S/C13H14N2O4S/c1-9-12(6-7-19-9)13(16)15-11-4-2-10(3-5-11)8-20(14,17)18/h2-7H,8H2,1H3,(H,15,16)(H2,14,17,18). The number of carbonyl (C=O) groups excluding carboxylic acids is 1. The predicted octanol–water partition coefficient (Wildman–Crippen LogP) is 1.63. The second kappa shape index (κ2) is 5.48. The number of sulfonamides is 1. The molecule has 0 aliphatic rings. The molecule has 6 nitrogen and oxygen atoms in total. The van der Waals surface area contributed by atoms with Crippen LogP contribution in [0.15, 0.2) is 41.0 Å². The van der Waals surface area contributed by atoms with E-state index in [1.54, 1.807) is 37.3 Å². The molecule has 2 rings (SSSR count). The quantitative estimate of drug-likeness (QED) is 0.894. The first-order valence-electron chi connectivity index (χ1n) is 5.80. The number of aryl methyl sites for hydroxylation is 1. The molecule has 0 spiro atoms. The van der Waals surface area contributed by atoms with Crippen LogP contribution in [0.2, 0.25) is 0 Å². The first-order chi connectivity index (χ1) is 9.35. The molecule has 0 fully saturated rings. The number of furan rings is 1. The number of rotatable bonds is 4. The van der Waals surface area contributed by atoms with Crippen LogP contribution >= 0.6 is 0 Å². The number of amides is 1. The van der Waals surface area contributed by atoms with E-state index < -0.39 is 10.0 Å². The maximum atomic E-state index is 11.9. The molecule has 1 aromatic carbocycles. The van der Waals surface area contributed by atoms with Gasteiger partial charge in [-0.1, -0.05) is 12.1 Å². The van der Waals surface area contributed by atoms with Crippen LogP contribution in [0.1, 0.15) is 21.7 Å². The monoisotopic (exact) mass is 294 g/mol. The summed E-state index contributed by atoms with van der Waals surface area (Å²) in [6, 6.07) is 8.02. The third-order valence-corrected chi connectivity index (χ3v) is 3.42. The van der Waals surface area contributed by atoms with Crippen molar-refractivity contribution in [2.75, 3.05) is 5.32 Å². The molecule has 20 heavy (non-hydrogen) atoms. The average molecular weight is 294 g/mol. The van der Waals surface area contributed by atoms with Crippen molar-refractivity contribution >= 4 is 21.6 Å². The zero-order valence-corrected chi connectivity index (χ0v) is 11.6. The fourth-order valence-electron chi connectivity index (χ4n) is 1.74. The van der Waals surface area contributed by atoms with Crippen molar-refractivity contribution in [3.05, 3.63) is 53.5 Å². The Balaban J connectivity index is 2.08. The second-order valence-corrected chi connectivity index (χ2v) is 5.96. The molecule has 1 heterocycles. The van der Waals surface area contributed by atoms with Crippen molar-refractivity contribution in [1.82, 2.24) is 0 Å². The Kier molecular flexibility index (Phi) is 3.91. The average Bonchev–Trinajstić information content (AvgIpc) is 2.76. The van der Waals surface area contributed by atoms with Gasteiger partial charge in [0.15, 0.2) is 0 Å². The highest BCUT2D eigenvalue weighted by atomic mass is 32.2. The highest BCUT2D eigenvalue weighted by Crippen LogP contribution is 2.15. The van der Waals surface area contributed by atoms with Crippen LogP contribution in [0.3, 0.4) is 0 Å². The summed E-state index contributed by atoms with van der Waals surface area (Å²) in [5.41, 5.74) is 1.58. The fourth-order valence-corrected chi connectivity index (χ4v) is 2.39. The van der Waals surface area contributed by atoms with Crippen LogP contribution in [0.25, 0.3) is 0 Å². The van der Waals surface area contributed by atoms with E-state index in [1.807, 2.05) is 0 Å². The van der Waals surface area contributed by atoms with E-state index in [9.17, 15) is 13.2 Å². The summed E-state index contributed by atoms with van der Waals surface area (Å²) in [5.74, 6) is 0.0194. The van der Waals surface area contributed by atoms with Crippen LogP contribution in [0, 0.1) is 6.92 Å². The Morgan fingerprint density at radius 1 is 1.25 bits per heavy atom. The van der Waals surface area contributed by atoms with Gasteiger partial charge in [-0.05, 0) is 30.7 Å². The number of benzene rings is 1. The van der Waals surface area contributed by atoms with Gasteiger partial charge in [0.2, 0.25) is 10.0 Å². The number of primary sulfonamides is 1. The lowest BCUT2D eigenvalue weighted by Gasteiger charge is -2.05. The lowest BCUT2D eigenvalue weighted by molar-refractivity contribution is 0.102. The van der Waals surface area contributed by atoms with Gasteiger partial charge < -0.3 is 9.73 Å². The van der Waals surface area contributed by atoms with E-state index in [4.69, 9.17) is 9.56 Å². The number of carbonyl (C=O) groups is 1. The third kappa shape index (κ3) is 3.69. The number of anilines is 1. The van der Waals surface area contributed by atoms with Crippen molar-refractivity contribution in [1.29, 1.82) is 0 Å². The molecule has 0 atom stereocenters. The third-order valence-electron chi connectivity index (χ3n) is 2.68. The van der Waals surface area contributed by atoms with Gasteiger partial charge in [-0.3, -0.25) is 4.79 Å². The van der Waals surface area contributed by atoms with E-state index in [0.717, 1.165) is 0 Å². The molecule has 7 heteroatoms. The largest absolute Gasteiger partial charge is 0.469 e. The Morgan fingerprint density at radius 2 is 1.90 bits per heavy atom. The molecule has 0 bridgehead atoms. The van der Waals surface area contributed by atoms with E-state index >= 15 is 0 Å². The lowest BCUT2D eigenvalue weighted by Crippen LogP contribution is -2.15. The molecule has 0 saturated carbocycles. The topological polar surface area (TPSA) is 102 Å². The summed E-state index contributed by atoms with van der Waals surface area (Å²) in [6.45, 7) is 1.70. The molecule has 0 unspecified atom stereocenters. The van der Waals surface area contributed by atoms with Crippen LogP contribution < -0.4 is 10.5 Å². The molecule has 1 amide bonds. The zero-order chi connectivity index (χ0) is 14.8. The van der Waals surface area contributed by atoms with Gasteiger partial charge in [0.25, 0.3) is 5.91 Å². The summed E-state index contributed by atoms with van der Waals surface area (Å²) >= 11 is 0. The number of nitrogens with two attached hydrogens (primary N) is 1. The summed E-state index contributed by atoms with van der Waals surface area (Å²) in [7, 11) is -3.55. The van der Waals surface area contributed by atoms with Crippen LogP contribution in [-0.2, 0) is 15.8 Å². The number of hydrogen-bond acceptors (Lipinski definition) is 4. The molecule has 3 N–H and O–H groups in total. The van der Waals surface area contributed by atoms with E-state index in [1.165, 1.54) is 6.26 Å². The summed E-state index contributed by atoms with van der Waals surface area (Å²) in [4.78, 5) is 11.9. The maximum Gasteiger partial charge on any atom is 0.259 e. The molecular weight excluding hydrogens is 280 g/mol. The van der Waals surface area contributed by atoms with Crippen LogP contribution in [-0.4, -0.2) is 14.3 Å². The predicted molar refractivity (Wildman–Crippen MR) is 74.7 cm³/mol. The molecule has 106 valence electrons. The van der Waals surface area contributed by atoms with Gasteiger partial charge >= 0.3 is 0 Å². The summed E-state index contributed by atoms with van der Waals surface area (Å²) < 4.78 is 27.0. The molecule has 0 aliphatic heterocycles. The van der Waals surface area contributed by atoms with E-state index in [2.05, 4.69) is 5.32 Å². The van der Waals surface area contributed by atoms with Gasteiger partial charge in [0.05, 0.1) is 17.6 Å². The summed E-state index contributed by atoms with van der Waals surface area (Å²) in [6.07, 6.45) is 1.44. The Morgan fingerprint density at radius 3 is 2.40 bits per heavy atom. The highest BCUT2D eigenvalue weighted by Gasteiger charge is 2.11. The van der Waals surface area contributed by atoms with Crippen molar-refractivity contribution in [2.24, 2.45) is 5.14 Å². The molecule has 1 aromatic heterocycles. The zero-order valence-electron chi connectivity index (χ0n) is 10.8. The van der Waals surface area contributed by atoms with Gasteiger partial charge in [0.1, 0.15) is 5.76 Å². The van der Waals surface area contributed by atoms with Crippen LogP contribution in [0.4, 0.5) is 5.69 Å². The SMILES string of the molecule is Cc1occc1C(=O)Nc1ccc(CS(N)(=O)=O)cc1. The van der Waals surface area contributed by atoms with Crippen molar-refractivity contribution in [3.8, 4) is 0 Å². The lowest BCUT2D eigenvalue weighted by atomic mass is 10.2. The Bertz CT molecular complexity index is 717.